The Kier molecular flexibility index (Phi) is 7.79. The van der Waals surface area contributed by atoms with Crippen LogP contribution in [0.15, 0.2) is 54.6 Å². The third-order valence-corrected chi connectivity index (χ3v) is 3.86. The Hall–Kier alpha value is -2.70. The monoisotopic (exact) mass is 356 g/mol. The molecule has 1 atom stereocenters. The fraction of sp³-hybridized carbons (Fsp3) is 0.300. The first-order chi connectivity index (χ1) is 12.6. The van der Waals surface area contributed by atoms with E-state index in [1.54, 1.807) is 24.3 Å². The Morgan fingerprint density at radius 1 is 1.04 bits per heavy atom. The van der Waals surface area contributed by atoms with Gasteiger partial charge in [-0.2, -0.15) is 0 Å². The summed E-state index contributed by atoms with van der Waals surface area (Å²) in [7, 11) is 0. The summed E-state index contributed by atoms with van der Waals surface area (Å²) in [6.07, 6.45) is 1.52. The molecule has 2 amide bonds. The zero-order valence-corrected chi connectivity index (χ0v) is 14.8. The molecule has 2 rings (SSSR count). The average molecular weight is 356 g/mol. The van der Waals surface area contributed by atoms with Crippen molar-refractivity contribution in [2.45, 2.75) is 38.8 Å². The van der Waals surface area contributed by atoms with Crippen molar-refractivity contribution in [2.75, 3.05) is 5.32 Å². The fourth-order valence-corrected chi connectivity index (χ4v) is 2.54. The van der Waals surface area contributed by atoms with E-state index in [-0.39, 0.29) is 18.4 Å². The number of rotatable bonds is 9. The van der Waals surface area contributed by atoms with Gasteiger partial charge in [0.05, 0.1) is 0 Å². The van der Waals surface area contributed by atoms with Gasteiger partial charge >= 0.3 is 0 Å². The molecule has 6 heteroatoms. The van der Waals surface area contributed by atoms with Gasteiger partial charge in [-0.05, 0) is 29.7 Å². The van der Waals surface area contributed by atoms with Crippen molar-refractivity contribution < 1.29 is 19.7 Å². The van der Waals surface area contributed by atoms with Crippen molar-refractivity contribution in [1.82, 2.24) is 5.32 Å². The van der Waals surface area contributed by atoms with E-state index in [1.165, 1.54) is 0 Å². The smallest absolute Gasteiger partial charge is 0.247 e. The molecule has 0 heterocycles. The Balaban J connectivity index is 2.06. The largest absolute Gasteiger partial charge is 0.344 e. The van der Waals surface area contributed by atoms with Crippen molar-refractivity contribution in [3.05, 3.63) is 65.7 Å². The Morgan fingerprint density at radius 3 is 2.35 bits per heavy atom. The molecular weight excluding hydrogens is 332 g/mol. The second-order valence-electron chi connectivity index (χ2n) is 6.02. The van der Waals surface area contributed by atoms with E-state index in [9.17, 15) is 9.59 Å². The van der Waals surface area contributed by atoms with Gasteiger partial charge in [-0.15, -0.1) is 0 Å². The lowest BCUT2D eigenvalue weighted by Gasteiger charge is -2.19. The van der Waals surface area contributed by atoms with E-state index in [0.29, 0.717) is 18.5 Å². The van der Waals surface area contributed by atoms with Crippen LogP contribution in [0.4, 0.5) is 5.69 Å². The van der Waals surface area contributed by atoms with E-state index < -0.39 is 6.04 Å². The number of carbonyl (C=O) groups excluding carboxylic acids is 2. The van der Waals surface area contributed by atoms with Gasteiger partial charge in [-0.1, -0.05) is 49.4 Å². The lowest BCUT2D eigenvalue weighted by Crippen LogP contribution is -2.45. The highest BCUT2D eigenvalue weighted by Gasteiger charge is 2.21. The van der Waals surface area contributed by atoms with Crippen LogP contribution in [0.3, 0.4) is 0 Å². The standard InChI is InChI=1S/C20H24N2O4/c1-2-6-19(23)22-18(13-15-7-4-3-5-8-15)20(24)21-17-11-9-16(10-12-17)14-26-25/h3-5,7-12,18,25H,2,6,13-14H2,1H3,(H,21,24)(H,22,23). The maximum absolute atomic E-state index is 12.7. The molecule has 0 aliphatic rings. The average Bonchev–Trinajstić information content (AvgIpc) is 2.64. The Bertz CT molecular complexity index is 702. The summed E-state index contributed by atoms with van der Waals surface area (Å²) in [5, 5.41) is 14.1. The first-order valence-corrected chi connectivity index (χ1v) is 8.61. The van der Waals surface area contributed by atoms with Gasteiger partial charge in [-0.3, -0.25) is 14.8 Å². The number of hydrogen-bond donors (Lipinski definition) is 3. The van der Waals surface area contributed by atoms with Crippen LogP contribution < -0.4 is 10.6 Å². The number of amides is 2. The Morgan fingerprint density at radius 2 is 1.73 bits per heavy atom. The van der Waals surface area contributed by atoms with Crippen molar-refractivity contribution in [3.63, 3.8) is 0 Å². The molecule has 0 saturated carbocycles. The molecule has 0 aliphatic heterocycles. The molecule has 1 unspecified atom stereocenters. The molecule has 26 heavy (non-hydrogen) atoms. The van der Waals surface area contributed by atoms with Gasteiger partial charge in [0, 0.05) is 18.5 Å². The molecule has 0 bridgehead atoms. The number of hydrogen-bond acceptors (Lipinski definition) is 4. The summed E-state index contributed by atoms with van der Waals surface area (Å²) in [5.41, 5.74) is 2.36. The molecule has 0 radical (unpaired) electrons. The molecule has 0 aromatic heterocycles. The zero-order valence-electron chi connectivity index (χ0n) is 14.8. The fourth-order valence-electron chi connectivity index (χ4n) is 2.54. The van der Waals surface area contributed by atoms with E-state index in [0.717, 1.165) is 17.5 Å². The number of benzene rings is 2. The highest BCUT2D eigenvalue weighted by Crippen LogP contribution is 2.12. The van der Waals surface area contributed by atoms with Crippen molar-refractivity contribution in [2.24, 2.45) is 0 Å². The Labute approximate surface area is 153 Å². The maximum atomic E-state index is 12.7. The second kappa shape index (κ2) is 10.3. The molecule has 0 aliphatic carbocycles. The maximum Gasteiger partial charge on any atom is 0.247 e. The van der Waals surface area contributed by atoms with Crippen LogP contribution in [-0.4, -0.2) is 23.1 Å². The number of anilines is 1. The molecule has 0 saturated heterocycles. The van der Waals surface area contributed by atoms with Crippen LogP contribution >= 0.6 is 0 Å². The van der Waals surface area contributed by atoms with Gasteiger partial charge in [0.25, 0.3) is 0 Å². The molecule has 138 valence electrons. The van der Waals surface area contributed by atoms with Crippen LogP contribution in [-0.2, 0) is 27.5 Å². The van der Waals surface area contributed by atoms with Crippen LogP contribution in [0.5, 0.6) is 0 Å². The normalized spacial score (nSPS) is 11.6. The second-order valence-corrected chi connectivity index (χ2v) is 6.02. The van der Waals surface area contributed by atoms with Crippen LogP contribution in [0.2, 0.25) is 0 Å². The van der Waals surface area contributed by atoms with Crippen molar-refractivity contribution >= 4 is 17.5 Å². The molecular formula is C20H24N2O4. The number of carbonyl (C=O) groups is 2. The lowest BCUT2D eigenvalue weighted by molar-refractivity contribution is -0.253. The predicted molar refractivity (Wildman–Crippen MR) is 99.5 cm³/mol. The summed E-state index contributed by atoms with van der Waals surface area (Å²) >= 11 is 0. The van der Waals surface area contributed by atoms with E-state index in [2.05, 4.69) is 15.5 Å². The summed E-state index contributed by atoms with van der Waals surface area (Å²) in [5.74, 6) is -0.413. The highest BCUT2D eigenvalue weighted by atomic mass is 17.1. The minimum atomic E-state index is -0.656. The molecule has 0 spiro atoms. The number of nitrogens with one attached hydrogen (secondary N) is 2. The zero-order chi connectivity index (χ0) is 18.8. The van der Waals surface area contributed by atoms with Crippen LogP contribution in [0, 0.1) is 0 Å². The minimum Gasteiger partial charge on any atom is -0.344 e. The predicted octanol–water partition coefficient (Wildman–Crippen LogP) is 3.14. The van der Waals surface area contributed by atoms with Crippen molar-refractivity contribution in [3.8, 4) is 0 Å². The first kappa shape index (κ1) is 19.6. The van der Waals surface area contributed by atoms with Crippen molar-refractivity contribution in [1.29, 1.82) is 0 Å². The lowest BCUT2D eigenvalue weighted by atomic mass is 10.0. The molecule has 3 N–H and O–H groups in total. The third-order valence-electron chi connectivity index (χ3n) is 3.86. The van der Waals surface area contributed by atoms with Gasteiger partial charge < -0.3 is 10.6 Å². The minimum absolute atomic E-state index is 0.0813. The third kappa shape index (κ3) is 6.31. The molecule has 0 fully saturated rings. The highest BCUT2D eigenvalue weighted by molar-refractivity contribution is 5.97. The van der Waals surface area contributed by atoms with E-state index in [1.807, 2.05) is 37.3 Å². The van der Waals surface area contributed by atoms with Gasteiger partial charge in [0.15, 0.2) is 0 Å². The molecule has 2 aromatic carbocycles. The van der Waals surface area contributed by atoms with Crippen LogP contribution in [0.25, 0.3) is 0 Å². The van der Waals surface area contributed by atoms with Gasteiger partial charge in [0.1, 0.15) is 12.6 Å². The van der Waals surface area contributed by atoms with E-state index >= 15 is 0 Å². The van der Waals surface area contributed by atoms with E-state index in [4.69, 9.17) is 5.26 Å². The SMILES string of the molecule is CCCC(=O)NC(Cc1ccccc1)C(=O)Nc1ccc(COO)cc1. The topological polar surface area (TPSA) is 87.7 Å². The van der Waals surface area contributed by atoms with Crippen LogP contribution in [0.1, 0.15) is 30.9 Å². The first-order valence-electron chi connectivity index (χ1n) is 8.61. The molecule has 2 aromatic rings. The summed E-state index contributed by atoms with van der Waals surface area (Å²) in [6.45, 7) is 2.00. The summed E-state index contributed by atoms with van der Waals surface area (Å²) in [6, 6.07) is 15.8. The summed E-state index contributed by atoms with van der Waals surface area (Å²) in [4.78, 5) is 28.8. The quantitative estimate of drug-likeness (QED) is 0.476. The van der Waals surface area contributed by atoms with Gasteiger partial charge in [0.2, 0.25) is 11.8 Å². The van der Waals surface area contributed by atoms with Gasteiger partial charge in [-0.25, -0.2) is 4.89 Å². The summed E-state index contributed by atoms with van der Waals surface area (Å²) < 4.78 is 0. The molecule has 6 nitrogen and oxygen atoms in total.